The molecule has 1 aliphatic rings. The van der Waals surface area contributed by atoms with E-state index < -0.39 is 0 Å². The molecular formula is C12H15BrFN. The van der Waals surface area contributed by atoms with Gasteiger partial charge in [-0.05, 0) is 50.4 Å². The maximum atomic E-state index is 14.0. The Morgan fingerprint density at radius 3 is 2.67 bits per heavy atom. The van der Waals surface area contributed by atoms with Crippen LogP contribution in [0.1, 0.15) is 29.9 Å². The molecule has 1 saturated heterocycles. The van der Waals surface area contributed by atoms with Gasteiger partial charge in [-0.15, -0.1) is 0 Å². The average molecular weight is 272 g/mol. The highest BCUT2D eigenvalue weighted by Gasteiger charge is 2.21. The summed E-state index contributed by atoms with van der Waals surface area (Å²) in [5, 5.41) is 3.30. The Labute approximate surface area is 98.2 Å². The zero-order valence-electron chi connectivity index (χ0n) is 8.82. The molecule has 3 heteroatoms. The van der Waals surface area contributed by atoms with Crippen molar-refractivity contribution < 1.29 is 4.39 Å². The first-order valence-electron chi connectivity index (χ1n) is 5.35. The number of benzene rings is 1. The summed E-state index contributed by atoms with van der Waals surface area (Å²) < 4.78 is 14.9. The van der Waals surface area contributed by atoms with Crippen LogP contribution in [0.3, 0.4) is 0 Å². The van der Waals surface area contributed by atoms with Gasteiger partial charge >= 0.3 is 0 Å². The number of piperidine rings is 1. The third-order valence-electron chi connectivity index (χ3n) is 3.07. The molecule has 0 saturated carbocycles. The molecule has 0 amide bonds. The monoisotopic (exact) mass is 271 g/mol. The second kappa shape index (κ2) is 4.62. The fourth-order valence-corrected chi connectivity index (χ4v) is 2.79. The van der Waals surface area contributed by atoms with Gasteiger partial charge in [-0.25, -0.2) is 4.39 Å². The van der Waals surface area contributed by atoms with E-state index in [-0.39, 0.29) is 5.82 Å². The SMILES string of the molecule is Cc1ccc(Br)c(C2CCNCC2)c1F. The first-order chi connectivity index (χ1) is 7.20. The van der Waals surface area contributed by atoms with Gasteiger partial charge in [0.25, 0.3) is 0 Å². The van der Waals surface area contributed by atoms with Gasteiger partial charge in [0.1, 0.15) is 5.82 Å². The fourth-order valence-electron chi connectivity index (χ4n) is 2.16. The third-order valence-corrected chi connectivity index (χ3v) is 3.76. The minimum Gasteiger partial charge on any atom is -0.317 e. The summed E-state index contributed by atoms with van der Waals surface area (Å²) in [6, 6.07) is 3.78. The Morgan fingerprint density at radius 1 is 1.33 bits per heavy atom. The van der Waals surface area contributed by atoms with Crippen LogP contribution in [-0.2, 0) is 0 Å². The van der Waals surface area contributed by atoms with Gasteiger partial charge in [0.05, 0.1) is 0 Å². The van der Waals surface area contributed by atoms with Crippen LogP contribution < -0.4 is 5.32 Å². The summed E-state index contributed by atoms with van der Waals surface area (Å²) >= 11 is 3.46. The number of hydrogen-bond donors (Lipinski definition) is 1. The zero-order valence-corrected chi connectivity index (χ0v) is 10.4. The van der Waals surface area contributed by atoms with Crippen LogP contribution in [0.5, 0.6) is 0 Å². The van der Waals surface area contributed by atoms with Crippen LogP contribution in [-0.4, -0.2) is 13.1 Å². The maximum absolute atomic E-state index is 14.0. The Balaban J connectivity index is 2.36. The van der Waals surface area contributed by atoms with E-state index in [4.69, 9.17) is 0 Å². The first kappa shape index (κ1) is 11.1. The zero-order chi connectivity index (χ0) is 10.8. The molecule has 15 heavy (non-hydrogen) atoms. The summed E-state index contributed by atoms with van der Waals surface area (Å²) in [6.07, 6.45) is 2.05. The predicted molar refractivity (Wildman–Crippen MR) is 63.7 cm³/mol. The Kier molecular flexibility index (Phi) is 3.42. The van der Waals surface area contributed by atoms with Crippen molar-refractivity contribution in [1.82, 2.24) is 5.32 Å². The molecule has 0 radical (unpaired) electrons. The third kappa shape index (κ3) is 2.23. The Morgan fingerprint density at radius 2 is 2.00 bits per heavy atom. The molecular weight excluding hydrogens is 257 g/mol. The molecule has 1 aliphatic heterocycles. The maximum Gasteiger partial charge on any atom is 0.130 e. The fraction of sp³-hybridized carbons (Fsp3) is 0.500. The van der Waals surface area contributed by atoms with Crippen molar-refractivity contribution >= 4 is 15.9 Å². The Hall–Kier alpha value is -0.410. The van der Waals surface area contributed by atoms with E-state index in [0.29, 0.717) is 5.92 Å². The van der Waals surface area contributed by atoms with Gasteiger partial charge in [0.2, 0.25) is 0 Å². The smallest absolute Gasteiger partial charge is 0.130 e. The average Bonchev–Trinajstić information content (AvgIpc) is 2.26. The highest BCUT2D eigenvalue weighted by molar-refractivity contribution is 9.10. The summed E-state index contributed by atoms with van der Waals surface area (Å²) in [5.41, 5.74) is 1.61. The van der Waals surface area contributed by atoms with Crippen LogP contribution >= 0.6 is 15.9 Å². The van der Waals surface area contributed by atoms with Crippen molar-refractivity contribution in [3.8, 4) is 0 Å². The van der Waals surface area contributed by atoms with Crippen LogP contribution in [0.15, 0.2) is 16.6 Å². The van der Waals surface area contributed by atoms with E-state index in [1.54, 1.807) is 0 Å². The molecule has 0 aromatic heterocycles. The van der Waals surface area contributed by atoms with Gasteiger partial charge in [-0.1, -0.05) is 22.0 Å². The van der Waals surface area contributed by atoms with E-state index in [2.05, 4.69) is 21.2 Å². The van der Waals surface area contributed by atoms with E-state index in [1.807, 2.05) is 19.1 Å². The lowest BCUT2D eigenvalue weighted by Gasteiger charge is -2.24. The predicted octanol–water partition coefficient (Wildman–Crippen LogP) is 3.36. The molecule has 1 aromatic carbocycles. The molecule has 0 atom stereocenters. The summed E-state index contributed by atoms with van der Waals surface area (Å²) in [5.74, 6) is 0.330. The van der Waals surface area contributed by atoms with Crippen molar-refractivity contribution in [2.24, 2.45) is 0 Å². The second-order valence-electron chi connectivity index (χ2n) is 4.12. The highest BCUT2D eigenvalue weighted by atomic mass is 79.9. The van der Waals surface area contributed by atoms with Crippen LogP contribution in [0.25, 0.3) is 0 Å². The number of hydrogen-bond acceptors (Lipinski definition) is 1. The summed E-state index contributed by atoms with van der Waals surface area (Å²) in [4.78, 5) is 0. The molecule has 1 aromatic rings. The van der Waals surface area contributed by atoms with Crippen molar-refractivity contribution in [3.63, 3.8) is 0 Å². The standard InChI is InChI=1S/C12H15BrFN/c1-8-2-3-10(13)11(12(8)14)9-4-6-15-7-5-9/h2-3,9,15H,4-7H2,1H3. The molecule has 2 rings (SSSR count). The number of nitrogens with one attached hydrogen (secondary N) is 1. The van der Waals surface area contributed by atoms with Gasteiger partial charge in [-0.3, -0.25) is 0 Å². The topological polar surface area (TPSA) is 12.0 Å². The molecule has 0 aliphatic carbocycles. The lowest BCUT2D eigenvalue weighted by atomic mass is 9.89. The van der Waals surface area contributed by atoms with Gasteiger partial charge in [0, 0.05) is 10.0 Å². The largest absolute Gasteiger partial charge is 0.317 e. The van der Waals surface area contributed by atoms with Gasteiger partial charge in [-0.2, -0.15) is 0 Å². The van der Waals surface area contributed by atoms with E-state index >= 15 is 0 Å². The molecule has 1 heterocycles. The minimum atomic E-state index is -0.0312. The lowest BCUT2D eigenvalue weighted by molar-refractivity contribution is 0.442. The van der Waals surface area contributed by atoms with Crippen LogP contribution in [0.2, 0.25) is 0 Å². The normalized spacial score (nSPS) is 18.1. The number of halogens is 2. The first-order valence-corrected chi connectivity index (χ1v) is 6.14. The summed E-state index contributed by atoms with van der Waals surface area (Å²) in [6.45, 7) is 3.81. The van der Waals surface area contributed by atoms with E-state index in [0.717, 1.165) is 41.5 Å². The molecule has 82 valence electrons. The number of rotatable bonds is 1. The summed E-state index contributed by atoms with van der Waals surface area (Å²) in [7, 11) is 0. The second-order valence-corrected chi connectivity index (χ2v) is 4.97. The molecule has 1 fully saturated rings. The molecule has 0 bridgehead atoms. The molecule has 0 spiro atoms. The Bertz CT molecular complexity index is 359. The van der Waals surface area contributed by atoms with Crippen molar-refractivity contribution in [2.45, 2.75) is 25.7 Å². The van der Waals surface area contributed by atoms with Crippen LogP contribution in [0.4, 0.5) is 4.39 Å². The van der Waals surface area contributed by atoms with Gasteiger partial charge in [0.15, 0.2) is 0 Å². The van der Waals surface area contributed by atoms with Crippen LogP contribution in [0, 0.1) is 12.7 Å². The molecule has 1 nitrogen and oxygen atoms in total. The minimum absolute atomic E-state index is 0.0312. The quantitative estimate of drug-likeness (QED) is 0.826. The molecule has 0 unspecified atom stereocenters. The van der Waals surface area contributed by atoms with Crippen molar-refractivity contribution in [1.29, 1.82) is 0 Å². The number of aryl methyl sites for hydroxylation is 1. The lowest BCUT2D eigenvalue weighted by Crippen LogP contribution is -2.27. The van der Waals surface area contributed by atoms with Crippen molar-refractivity contribution in [3.05, 3.63) is 33.5 Å². The molecule has 1 N–H and O–H groups in total. The van der Waals surface area contributed by atoms with Gasteiger partial charge < -0.3 is 5.32 Å². The van der Waals surface area contributed by atoms with E-state index in [9.17, 15) is 4.39 Å². The highest BCUT2D eigenvalue weighted by Crippen LogP contribution is 2.34. The van der Waals surface area contributed by atoms with E-state index in [1.165, 1.54) is 0 Å². The van der Waals surface area contributed by atoms with Crippen molar-refractivity contribution in [2.75, 3.05) is 13.1 Å².